The molecule has 0 radical (unpaired) electrons. The van der Waals surface area contributed by atoms with Crippen molar-refractivity contribution in [2.45, 2.75) is 89.4 Å². The van der Waals surface area contributed by atoms with Crippen molar-refractivity contribution in [3.8, 4) is 0 Å². The standard InChI is InChI=1S/C30H40N2O7S/c1-19-14-16-21(17-15-19)40(36,37)32-31-22-18-30(8,35)25(27(34)39-29(5,6)7)23(20-12-10-9-11-13-20)24(22)26(33)38-28(2,3)4/h9-17,23-25,32,35H,18H2,1-8H3/b31-22+. The van der Waals surface area contributed by atoms with E-state index in [0.717, 1.165) is 5.56 Å². The summed E-state index contributed by atoms with van der Waals surface area (Å²) >= 11 is 0. The summed E-state index contributed by atoms with van der Waals surface area (Å²) in [7, 11) is -4.10. The van der Waals surface area contributed by atoms with E-state index in [4.69, 9.17) is 9.47 Å². The number of sulfonamides is 1. The van der Waals surface area contributed by atoms with Crippen LogP contribution in [0.1, 0.15) is 71.9 Å². The van der Waals surface area contributed by atoms with Gasteiger partial charge in [0.25, 0.3) is 10.0 Å². The quantitative estimate of drug-likeness (QED) is 0.385. The Bertz CT molecular complexity index is 1350. The number of benzene rings is 2. The molecule has 0 amide bonds. The van der Waals surface area contributed by atoms with E-state index in [1.54, 1.807) is 84.0 Å². The van der Waals surface area contributed by atoms with Gasteiger partial charge in [-0.2, -0.15) is 13.5 Å². The number of rotatable bonds is 6. The molecule has 9 nitrogen and oxygen atoms in total. The zero-order valence-corrected chi connectivity index (χ0v) is 25.2. The van der Waals surface area contributed by atoms with Crippen LogP contribution in [-0.2, 0) is 29.1 Å². The van der Waals surface area contributed by atoms with Gasteiger partial charge in [-0.3, -0.25) is 9.59 Å². The lowest BCUT2D eigenvalue weighted by molar-refractivity contribution is -0.175. The number of aryl methyl sites for hydroxylation is 1. The molecule has 2 N–H and O–H groups in total. The van der Waals surface area contributed by atoms with E-state index in [0.29, 0.717) is 5.56 Å². The predicted molar refractivity (Wildman–Crippen MR) is 152 cm³/mol. The minimum absolute atomic E-state index is 0.00919. The first-order chi connectivity index (χ1) is 18.3. The third-order valence-electron chi connectivity index (χ3n) is 6.43. The van der Waals surface area contributed by atoms with Crippen LogP contribution in [-0.4, -0.2) is 48.0 Å². The Balaban J connectivity index is 2.19. The monoisotopic (exact) mass is 572 g/mol. The first kappa shape index (κ1) is 31.3. The van der Waals surface area contributed by atoms with Crippen LogP contribution < -0.4 is 4.83 Å². The summed E-state index contributed by atoms with van der Waals surface area (Å²) in [5, 5.41) is 15.9. The molecule has 1 saturated carbocycles. The van der Waals surface area contributed by atoms with Crippen molar-refractivity contribution in [3.05, 3.63) is 65.7 Å². The molecule has 10 heteroatoms. The van der Waals surface area contributed by atoms with E-state index in [9.17, 15) is 23.1 Å². The molecule has 0 bridgehead atoms. The number of esters is 2. The van der Waals surface area contributed by atoms with Crippen molar-refractivity contribution in [2.24, 2.45) is 16.9 Å². The van der Waals surface area contributed by atoms with Gasteiger partial charge in [-0.05, 0) is 73.1 Å². The molecule has 1 fully saturated rings. The van der Waals surface area contributed by atoms with Gasteiger partial charge >= 0.3 is 11.9 Å². The molecule has 0 saturated heterocycles. The van der Waals surface area contributed by atoms with Crippen LogP contribution in [0.4, 0.5) is 0 Å². The van der Waals surface area contributed by atoms with E-state index in [1.165, 1.54) is 19.1 Å². The smallest absolute Gasteiger partial charge is 0.315 e. The Morgan fingerprint density at radius 3 is 1.98 bits per heavy atom. The normalized spacial score (nSPS) is 24.8. The van der Waals surface area contributed by atoms with Crippen LogP contribution in [0.2, 0.25) is 0 Å². The van der Waals surface area contributed by atoms with E-state index < -0.39 is 56.5 Å². The molecule has 1 aliphatic rings. The zero-order chi connectivity index (χ0) is 30.1. The molecule has 4 unspecified atom stereocenters. The molecule has 218 valence electrons. The number of carbonyl (C=O) groups excluding carboxylic acids is 2. The molecule has 0 spiro atoms. The van der Waals surface area contributed by atoms with Crippen molar-refractivity contribution in [1.29, 1.82) is 0 Å². The summed E-state index contributed by atoms with van der Waals surface area (Å²) in [6.45, 7) is 13.6. The van der Waals surface area contributed by atoms with Crippen molar-refractivity contribution in [3.63, 3.8) is 0 Å². The minimum Gasteiger partial charge on any atom is -0.460 e. The fraction of sp³-hybridized carbons (Fsp3) is 0.500. The van der Waals surface area contributed by atoms with E-state index in [2.05, 4.69) is 9.93 Å². The zero-order valence-electron chi connectivity index (χ0n) is 24.4. The first-order valence-electron chi connectivity index (χ1n) is 13.2. The maximum atomic E-state index is 13.8. The second-order valence-electron chi connectivity index (χ2n) is 12.5. The Morgan fingerprint density at radius 1 is 0.925 bits per heavy atom. The van der Waals surface area contributed by atoms with Gasteiger partial charge in [-0.1, -0.05) is 48.0 Å². The summed E-state index contributed by atoms with van der Waals surface area (Å²) in [4.78, 5) is 29.6. The Morgan fingerprint density at radius 2 is 1.45 bits per heavy atom. The number of aliphatic hydroxyl groups is 1. The molecule has 0 aliphatic heterocycles. The summed E-state index contributed by atoms with van der Waals surface area (Å²) in [6, 6.07) is 15.0. The van der Waals surface area contributed by atoms with Crippen molar-refractivity contribution in [2.75, 3.05) is 0 Å². The topological polar surface area (TPSA) is 131 Å². The summed E-state index contributed by atoms with van der Waals surface area (Å²) in [5.41, 5.74) is -1.97. The Labute approximate surface area is 237 Å². The molecular weight excluding hydrogens is 532 g/mol. The lowest BCUT2D eigenvalue weighted by atomic mass is 9.61. The highest BCUT2D eigenvalue weighted by atomic mass is 32.2. The van der Waals surface area contributed by atoms with Crippen LogP contribution in [0, 0.1) is 18.8 Å². The van der Waals surface area contributed by atoms with Gasteiger partial charge in [0, 0.05) is 12.3 Å². The highest BCUT2D eigenvalue weighted by Crippen LogP contribution is 2.47. The average molecular weight is 573 g/mol. The SMILES string of the molecule is Cc1ccc(S(=O)(=O)N/N=C2\CC(C)(O)C(C(=O)OC(C)(C)C)C(c3ccccc3)C2C(=O)OC(C)(C)C)cc1. The van der Waals surface area contributed by atoms with E-state index in [-0.39, 0.29) is 17.0 Å². The van der Waals surface area contributed by atoms with Gasteiger partial charge in [0.1, 0.15) is 17.1 Å². The van der Waals surface area contributed by atoms with Crippen LogP contribution >= 0.6 is 0 Å². The number of ether oxygens (including phenoxy) is 2. The first-order valence-corrected chi connectivity index (χ1v) is 14.7. The third kappa shape index (κ3) is 7.69. The van der Waals surface area contributed by atoms with Crippen molar-refractivity contribution >= 4 is 27.7 Å². The number of hydrogen-bond donors (Lipinski definition) is 2. The molecule has 2 aromatic rings. The number of hydrazone groups is 1. The Hall–Kier alpha value is -3.24. The molecule has 2 aromatic carbocycles. The highest BCUT2D eigenvalue weighted by molar-refractivity contribution is 7.89. The maximum absolute atomic E-state index is 13.8. The van der Waals surface area contributed by atoms with Gasteiger partial charge in [0.05, 0.1) is 22.1 Å². The molecular formula is C30H40N2O7S. The molecule has 0 aromatic heterocycles. The summed E-state index contributed by atoms with van der Waals surface area (Å²) < 4.78 is 37.6. The average Bonchev–Trinajstić information content (AvgIpc) is 2.80. The number of carbonyl (C=O) groups is 2. The molecule has 0 heterocycles. The lowest BCUT2D eigenvalue weighted by Crippen LogP contribution is -2.56. The molecule has 40 heavy (non-hydrogen) atoms. The highest BCUT2D eigenvalue weighted by Gasteiger charge is 2.57. The molecule has 4 atom stereocenters. The third-order valence-corrected chi connectivity index (χ3v) is 7.66. The predicted octanol–water partition coefficient (Wildman–Crippen LogP) is 4.48. The van der Waals surface area contributed by atoms with Gasteiger partial charge in [-0.25, -0.2) is 4.83 Å². The van der Waals surface area contributed by atoms with E-state index >= 15 is 0 Å². The minimum atomic E-state index is -4.10. The number of nitrogens with one attached hydrogen (secondary N) is 1. The maximum Gasteiger partial charge on any atom is 0.315 e. The van der Waals surface area contributed by atoms with Crippen LogP contribution in [0.3, 0.4) is 0 Å². The fourth-order valence-corrected chi connectivity index (χ4v) is 5.68. The Kier molecular flexibility index (Phi) is 8.86. The van der Waals surface area contributed by atoms with Gasteiger partial charge in [0.15, 0.2) is 0 Å². The molecule has 1 aliphatic carbocycles. The van der Waals surface area contributed by atoms with Gasteiger partial charge < -0.3 is 14.6 Å². The fourth-order valence-electron chi connectivity index (χ4n) is 4.84. The van der Waals surface area contributed by atoms with Gasteiger partial charge in [0.2, 0.25) is 0 Å². The lowest BCUT2D eigenvalue weighted by Gasteiger charge is -2.46. The summed E-state index contributed by atoms with van der Waals surface area (Å²) in [6.07, 6.45) is -0.277. The van der Waals surface area contributed by atoms with Crippen LogP contribution in [0.5, 0.6) is 0 Å². The van der Waals surface area contributed by atoms with E-state index in [1.807, 2.05) is 6.92 Å². The molecule has 3 rings (SSSR count). The largest absolute Gasteiger partial charge is 0.460 e. The van der Waals surface area contributed by atoms with Crippen LogP contribution in [0.25, 0.3) is 0 Å². The van der Waals surface area contributed by atoms with Crippen molar-refractivity contribution in [1.82, 2.24) is 4.83 Å². The number of nitrogens with zero attached hydrogens (tertiary/aromatic N) is 1. The van der Waals surface area contributed by atoms with Gasteiger partial charge in [-0.15, -0.1) is 0 Å². The van der Waals surface area contributed by atoms with Crippen molar-refractivity contribution < 1.29 is 32.6 Å². The second kappa shape index (κ2) is 11.3. The van der Waals surface area contributed by atoms with Crippen LogP contribution in [0.15, 0.2) is 64.6 Å². The number of hydrogen-bond acceptors (Lipinski definition) is 8. The second-order valence-corrected chi connectivity index (χ2v) is 14.2. The summed E-state index contributed by atoms with van der Waals surface area (Å²) in [5.74, 6) is -4.71.